The van der Waals surface area contributed by atoms with Crippen molar-refractivity contribution in [2.45, 2.75) is 150 Å². The predicted molar refractivity (Wildman–Crippen MR) is 200 cm³/mol. The summed E-state index contributed by atoms with van der Waals surface area (Å²) in [6.45, 7) is 19.0. The maximum absolute atomic E-state index is 14.8. The summed E-state index contributed by atoms with van der Waals surface area (Å²) in [6, 6.07) is 14.1. The zero-order valence-corrected chi connectivity index (χ0v) is 32.3. The lowest BCUT2D eigenvalue weighted by molar-refractivity contribution is -0.159. The zero-order chi connectivity index (χ0) is 37.5. The first kappa shape index (κ1) is 42.3. The summed E-state index contributed by atoms with van der Waals surface area (Å²) >= 11 is 0. The third kappa shape index (κ3) is 14.5. The molecule has 0 aliphatic rings. The van der Waals surface area contributed by atoms with Gasteiger partial charge in [-0.05, 0) is 77.0 Å². The van der Waals surface area contributed by atoms with Crippen molar-refractivity contribution >= 4 is 23.9 Å². The standard InChI is InChI=1S/C41H63N3O6/c1-11-14-15-16-20-27-44(37(46)34(29(4)12-2)43-39(48)50-41(8,9)10)35(32-25-23-30(13-3)24-26-32)36(45)42-33(38(47)49-40(5,6)7)28-31-21-18-17-19-22-31/h17-19,21-26,29,33-35H,11-16,20,27-28H2,1-10H3,(H,42,45)(H,43,48). The molecule has 0 aliphatic heterocycles. The third-order valence-electron chi connectivity index (χ3n) is 8.49. The molecule has 0 aromatic heterocycles. The van der Waals surface area contributed by atoms with Gasteiger partial charge in [-0.2, -0.15) is 0 Å². The number of aryl methyl sites for hydroxylation is 1. The lowest BCUT2D eigenvalue weighted by atomic mass is 9.94. The molecule has 50 heavy (non-hydrogen) atoms. The summed E-state index contributed by atoms with van der Waals surface area (Å²) in [4.78, 5) is 57.8. The van der Waals surface area contributed by atoms with Crippen LogP contribution in [0.15, 0.2) is 54.6 Å². The molecule has 2 rings (SSSR count). The number of carbonyl (C=O) groups excluding carboxylic acids is 4. The molecule has 2 aromatic carbocycles. The van der Waals surface area contributed by atoms with Gasteiger partial charge in [0.1, 0.15) is 29.3 Å². The molecule has 4 atom stereocenters. The van der Waals surface area contributed by atoms with E-state index in [0.29, 0.717) is 18.4 Å². The van der Waals surface area contributed by atoms with E-state index in [1.54, 1.807) is 46.4 Å². The first-order chi connectivity index (χ1) is 23.5. The number of amides is 3. The highest BCUT2D eigenvalue weighted by Gasteiger charge is 2.39. The molecule has 3 amide bonds. The third-order valence-corrected chi connectivity index (χ3v) is 8.49. The van der Waals surface area contributed by atoms with Gasteiger partial charge in [-0.15, -0.1) is 0 Å². The molecule has 0 radical (unpaired) electrons. The summed E-state index contributed by atoms with van der Waals surface area (Å²) in [6.07, 6.45) is 5.63. The number of esters is 1. The summed E-state index contributed by atoms with van der Waals surface area (Å²) < 4.78 is 11.3. The van der Waals surface area contributed by atoms with Crippen molar-refractivity contribution in [3.8, 4) is 0 Å². The molecule has 9 heteroatoms. The molecule has 0 saturated heterocycles. The Balaban J connectivity index is 2.66. The molecular formula is C41H63N3O6. The van der Waals surface area contributed by atoms with Crippen LogP contribution in [0.1, 0.15) is 130 Å². The number of unbranched alkanes of at least 4 members (excludes halogenated alkanes) is 4. The number of alkyl carbamates (subject to hydrolysis) is 1. The van der Waals surface area contributed by atoms with Crippen LogP contribution in [0.4, 0.5) is 4.79 Å². The zero-order valence-electron chi connectivity index (χ0n) is 32.3. The minimum absolute atomic E-state index is 0.212. The van der Waals surface area contributed by atoms with Crippen molar-refractivity contribution in [2.75, 3.05) is 6.54 Å². The van der Waals surface area contributed by atoms with E-state index in [1.165, 1.54) is 0 Å². The van der Waals surface area contributed by atoms with Gasteiger partial charge in [0, 0.05) is 13.0 Å². The van der Waals surface area contributed by atoms with Gasteiger partial charge in [0.25, 0.3) is 0 Å². The maximum atomic E-state index is 14.8. The van der Waals surface area contributed by atoms with E-state index in [2.05, 4.69) is 24.5 Å². The highest BCUT2D eigenvalue weighted by atomic mass is 16.6. The molecule has 278 valence electrons. The summed E-state index contributed by atoms with van der Waals surface area (Å²) in [5, 5.41) is 5.83. The number of ether oxygens (including phenoxy) is 2. The minimum atomic E-state index is -1.08. The van der Waals surface area contributed by atoms with E-state index < -0.39 is 47.3 Å². The molecule has 0 fully saturated rings. The number of benzene rings is 2. The number of hydrogen-bond acceptors (Lipinski definition) is 6. The molecular weight excluding hydrogens is 630 g/mol. The number of rotatable bonds is 18. The van der Waals surface area contributed by atoms with Crippen LogP contribution in [0.25, 0.3) is 0 Å². The molecule has 2 aromatic rings. The average Bonchev–Trinajstić information content (AvgIpc) is 3.04. The van der Waals surface area contributed by atoms with E-state index in [1.807, 2.05) is 68.4 Å². The number of carbonyl (C=O) groups is 4. The quantitative estimate of drug-likeness (QED) is 0.121. The minimum Gasteiger partial charge on any atom is -0.458 e. The largest absolute Gasteiger partial charge is 0.458 e. The number of hydrogen-bond donors (Lipinski definition) is 2. The second-order valence-electron chi connectivity index (χ2n) is 15.2. The summed E-state index contributed by atoms with van der Waals surface area (Å²) in [7, 11) is 0. The Morgan fingerprint density at radius 2 is 1.34 bits per heavy atom. The Bertz CT molecular complexity index is 1350. The molecule has 0 saturated carbocycles. The Morgan fingerprint density at radius 1 is 0.740 bits per heavy atom. The van der Waals surface area contributed by atoms with E-state index in [-0.39, 0.29) is 24.8 Å². The Hall–Kier alpha value is -3.88. The Kier molecular flexibility index (Phi) is 17.0. The summed E-state index contributed by atoms with van der Waals surface area (Å²) in [5.41, 5.74) is 1.03. The maximum Gasteiger partial charge on any atom is 0.408 e. The topological polar surface area (TPSA) is 114 Å². The van der Waals surface area contributed by atoms with Gasteiger partial charge < -0.3 is 25.0 Å². The highest BCUT2D eigenvalue weighted by Crippen LogP contribution is 2.27. The van der Waals surface area contributed by atoms with Gasteiger partial charge in [-0.25, -0.2) is 9.59 Å². The van der Waals surface area contributed by atoms with Crippen molar-refractivity contribution in [2.24, 2.45) is 5.92 Å². The fourth-order valence-corrected chi connectivity index (χ4v) is 5.62. The molecule has 2 N–H and O–H groups in total. The second-order valence-corrected chi connectivity index (χ2v) is 15.2. The molecule has 0 spiro atoms. The first-order valence-electron chi connectivity index (χ1n) is 18.5. The monoisotopic (exact) mass is 693 g/mol. The molecule has 0 aliphatic carbocycles. The second kappa shape index (κ2) is 20.1. The lowest BCUT2D eigenvalue weighted by Gasteiger charge is -2.37. The van der Waals surface area contributed by atoms with Crippen molar-refractivity contribution in [1.82, 2.24) is 15.5 Å². The van der Waals surface area contributed by atoms with Crippen LogP contribution in [0.5, 0.6) is 0 Å². The van der Waals surface area contributed by atoms with Crippen molar-refractivity contribution in [3.05, 3.63) is 71.3 Å². The van der Waals surface area contributed by atoms with E-state index in [9.17, 15) is 19.2 Å². The van der Waals surface area contributed by atoms with Crippen LogP contribution >= 0.6 is 0 Å². The van der Waals surface area contributed by atoms with Gasteiger partial charge in [0.05, 0.1) is 0 Å². The Morgan fingerprint density at radius 3 is 1.88 bits per heavy atom. The van der Waals surface area contributed by atoms with Crippen LogP contribution in [0.2, 0.25) is 0 Å². The van der Waals surface area contributed by atoms with Gasteiger partial charge in [-0.3, -0.25) is 9.59 Å². The van der Waals surface area contributed by atoms with Crippen molar-refractivity contribution in [1.29, 1.82) is 0 Å². The molecule has 0 bridgehead atoms. The fraction of sp³-hybridized carbons (Fsp3) is 0.610. The fourth-order valence-electron chi connectivity index (χ4n) is 5.62. The number of nitrogens with zero attached hydrogens (tertiary/aromatic N) is 1. The van der Waals surface area contributed by atoms with Crippen LogP contribution in [-0.2, 0) is 36.7 Å². The van der Waals surface area contributed by atoms with Crippen LogP contribution in [0, 0.1) is 5.92 Å². The van der Waals surface area contributed by atoms with Crippen molar-refractivity contribution < 1.29 is 28.7 Å². The van der Waals surface area contributed by atoms with Crippen LogP contribution in [-0.4, -0.2) is 58.6 Å². The summed E-state index contributed by atoms with van der Waals surface area (Å²) in [5.74, 6) is -1.69. The van der Waals surface area contributed by atoms with E-state index in [0.717, 1.165) is 43.2 Å². The van der Waals surface area contributed by atoms with Gasteiger partial charge in [0.15, 0.2) is 0 Å². The molecule has 9 nitrogen and oxygen atoms in total. The first-order valence-corrected chi connectivity index (χ1v) is 18.5. The smallest absolute Gasteiger partial charge is 0.408 e. The highest BCUT2D eigenvalue weighted by molar-refractivity contribution is 5.94. The van der Waals surface area contributed by atoms with E-state index in [4.69, 9.17) is 9.47 Å². The van der Waals surface area contributed by atoms with E-state index >= 15 is 0 Å². The SMILES string of the molecule is CCCCCCCN(C(=O)C(NC(=O)OC(C)(C)C)C(C)CC)C(C(=O)NC(Cc1ccccc1)C(=O)OC(C)(C)C)c1ccc(CC)cc1. The molecule has 0 heterocycles. The molecule has 4 unspecified atom stereocenters. The Labute approximate surface area is 301 Å². The van der Waals surface area contributed by atoms with Crippen LogP contribution in [0.3, 0.4) is 0 Å². The van der Waals surface area contributed by atoms with Crippen LogP contribution < -0.4 is 10.6 Å². The van der Waals surface area contributed by atoms with Gasteiger partial charge in [-0.1, -0.05) is 114 Å². The lowest BCUT2D eigenvalue weighted by Crippen LogP contribution is -2.56. The number of nitrogens with one attached hydrogen (secondary N) is 2. The van der Waals surface area contributed by atoms with Crippen molar-refractivity contribution in [3.63, 3.8) is 0 Å². The van der Waals surface area contributed by atoms with Gasteiger partial charge >= 0.3 is 12.1 Å². The average molecular weight is 694 g/mol. The normalized spacial score (nSPS) is 14.1. The predicted octanol–water partition coefficient (Wildman–Crippen LogP) is 8.10. The van der Waals surface area contributed by atoms with Gasteiger partial charge in [0.2, 0.25) is 11.8 Å².